The average Bonchev–Trinajstić information content (AvgIpc) is 3.74. The number of aryl methyl sites for hydroxylation is 1. The first-order valence-corrected chi connectivity index (χ1v) is 14.3. The summed E-state index contributed by atoms with van der Waals surface area (Å²) in [7, 11) is 1.60. The third-order valence-electron chi connectivity index (χ3n) is 7.77. The Morgan fingerprint density at radius 2 is 1.57 bits per heavy atom. The summed E-state index contributed by atoms with van der Waals surface area (Å²) in [5.41, 5.74) is 4.79. The second-order valence-electron chi connectivity index (χ2n) is 10.4. The van der Waals surface area contributed by atoms with Crippen LogP contribution in [0.25, 0.3) is 56.0 Å². The minimum atomic E-state index is -0.272. The van der Waals surface area contributed by atoms with E-state index in [1.807, 2.05) is 6.07 Å². The lowest BCUT2D eigenvalue weighted by Gasteiger charge is -2.08. The molecule has 0 bridgehead atoms. The average molecular weight is 559 g/mol. The Morgan fingerprint density at radius 3 is 2.36 bits per heavy atom. The van der Waals surface area contributed by atoms with Crippen LogP contribution < -0.4 is 10.4 Å². The molecular formula is C33H30N6O3. The minimum absolute atomic E-state index is 0.272. The van der Waals surface area contributed by atoms with Crippen LogP contribution >= 0.6 is 0 Å². The molecule has 4 aromatic heterocycles. The van der Waals surface area contributed by atoms with Gasteiger partial charge in [-0.1, -0.05) is 50.5 Å². The zero-order chi connectivity index (χ0) is 28.6. The van der Waals surface area contributed by atoms with Gasteiger partial charge in [0.05, 0.1) is 12.8 Å². The van der Waals surface area contributed by atoms with Gasteiger partial charge < -0.3 is 13.7 Å². The molecule has 0 unspecified atom stereocenters. The van der Waals surface area contributed by atoms with E-state index in [9.17, 15) is 4.79 Å². The highest BCUT2D eigenvalue weighted by Gasteiger charge is 2.17. The predicted molar refractivity (Wildman–Crippen MR) is 163 cm³/mol. The van der Waals surface area contributed by atoms with Crippen molar-refractivity contribution in [1.29, 1.82) is 0 Å². The largest absolute Gasteiger partial charge is 0.497 e. The summed E-state index contributed by atoms with van der Waals surface area (Å²) >= 11 is 0. The SMILES string of the molecule is CCCCCCn1c2ccccc2c2ccc(-c3nnc(-c4ccn5c(=O)n(-c6ccc(OC)cc6)nc5c4)o3)cc21. The van der Waals surface area contributed by atoms with Crippen LogP contribution in [0.1, 0.15) is 32.6 Å². The van der Waals surface area contributed by atoms with Crippen molar-refractivity contribution < 1.29 is 9.15 Å². The summed E-state index contributed by atoms with van der Waals surface area (Å²) in [4.78, 5) is 13.0. The maximum atomic E-state index is 13.0. The molecule has 210 valence electrons. The normalized spacial score (nSPS) is 11.7. The van der Waals surface area contributed by atoms with E-state index in [1.165, 1.54) is 44.6 Å². The molecule has 0 aliphatic heterocycles. The number of ether oxygens (including phenoxy) is 1. The lowest BCUT2D eigenvalue weighted by Crippen LogP contribution is -2.19. The third kappa shape index (κ3) is 4.43. The molecule has 0 fully saturated rings. The van der Waals surface area contributed by atoms with Gasteiger partial charge >= 0.3 is 5.69 Å². The van der Waals surface area contributed by atoms with Crippen molar-refractivity contribution in [3.05, 3.63) is 95.5 Å². The van der Waals surface area contributed by atoms with Crippen molar-refractivity contribution in [2.45, 2.75) is 39.2 Å². The van der Waals surface area contributed by atoms with Gasteiger partial charge in [-0.2, -0.15) is 4.68 Å². The van der Waals surface area contributed by atoms with Gasteiger partial charge in [-0.25, -0.2) is 9.20 Å². The summed E-state index contributed by atoms with van der Waals surface area (Å²) in [6.07, 6.45) is 6.48. The van der Waals surface area contributed by atoms with Crippen LogP contribution in [0.4, 0.5) is 0 Å². The van der Waals surface area contributed by atoms with Gasteiger partial charge in [0, 0.05) is 45.7 Å². The van der Waals surface area contributed by atoms with Crippen LogP contribution in [0, 0.1) is 0 Å². The molecule has 0 amide bonds. The minimum Gasteiger partial charge on any atom is -0.497 e. The van der Waals surface area contributed by atoms with Crippen LogP contribution in [0.3, 0.4) is 0 Å². The summed E-state index contributed by atoms with van der Waals surface area (Å²) < 4.78 is 16.6. The van der Waals surface area contributed by atoms with Gasteiger partial charge in [0.1, 0.15) is 5.75 Å². The molecular weight excluding hydrogens is 528 g/mol. The molecule has 9 nitrogen and oxygen atoms in total. The maximum Gasteiger partial charge on any atom is 0.355 e. The topological polar surface area (TPSA) is 92.4 Å². The number of methoxy groups -OCH3 is 1. The highest BCUT2D eigenvalue weighted by molar-refractivity contribution is 6.08. The van der Waals surface area contributed by atoms with Gasteiger partial charge in [-0.3, -0.25) is 0 Å². The molecule has 0 aliphatic carbocycles. The predicted octanol–water partition coefficient (Wildman–Crippen LogP) is 6.90. The van der Waals surface area contributed by atoms with Crippen LogP contribution in [0.2, 0.25) is 0 Å². The lowest BCUT2D eigenvalue weighted by atomic mass is 10.1. The number of rotatable bonds is 9. The van der Waals surface area contributed by atoms with E-state index in [0.29, 0.717) is 34.4 Å². The van der Waals surface area contributed by atoms with Crippen molar-refractivity contribution in [2.24, 2.45) is 0 Å². The Kier molecular flexibility index (Phi) is 6.54. The Bertz CT molecular complexity index is 2100. The number of hydrogen-bond donors (Lipinski definition) is 0. The molecule has 7 rings (SSSR count). The highest BCUT2D eigenvalue weighted by atomic mass is 16.5. The first-order valence-electron chi connectivity index (χ1n) is 14.3. The lowest BCUT2D eigenvalue weighted by molar-refractivity contribution is 0.414. The molecule has 42 heavy (non-hydrogen) atoms. The van der Waals surface area contributed by atoms with Crippen LogP contribution in [-0.4, -0.2) is 36.1 Å². The number of aromatic nitrogens is 6. The summed E-state index contributed by atoms with van der Waals surface area (Å²) in [5, 5.41) is 15.7. The molecule has 0 N–H and O–H groups in total. The van der Waals surface area contributed by atoms with Crippen molar-refractivity contribution in [3.8, 4) is 34.3 Å². The maximum absolute atomic E-state index is 13.0. The first-order chi connectivity index (χ1) is 20.6. The van der Waals surface area contributed by atoms with E-state index in [1.54, 1.807) is 49.7 Å². The Labute approximate surface area is 241 Å². The second-order valence-corrected chi connectivity index (χ2v) is 10.4. The Morgan fingerprint density at radius 1 is 0.810 bits per heavy atom. The highest BCUT2D eigenvalue weighted by Crippen LogP contribution is 2.33. The fourth-order valence-electron chi connectivity index (χ4n) is 5.58. The number of benzene rings is 3. The van der Waals surface area contributed by atoms with E-state index in [0.717, 1.165) is 24.0 Å². The summed E-state index contributed by atoms with van der Waals surface area (Å²) in [5.74, 6) is 1.51. The number of pyridine rings is 1. The molecule has 0 aliphatic rings. The molecule has 0 radical (unpaired) electrons. The summed E-state index contributed by atoms with van der Waals surface area (Å²) in [6.45, 7) is 3.20. The molecule has 0 spiro atoms. The first kappa shape index (κ1) is 25.8. The number of unbranched alkanes of at least 4 members (excludes halogenated alkanes) is 3. The van der Waals surface area contributed by atoms with Crippen molar-refractivity contribution in [3.63, 3.8) is 0 Å². The summed E-state index contributed by atoms with van der Waals surface area (Å²) in [6, 6.07) is 25.6. The molecule has 4 heterocycles. The molecule has 0 saturated carbocycles. The zero-order valence-electron chi connectivity index (χ0n) is 23.5. The van der Waals surface area contributed by atoms with E-state index < -0.39 is 0 Å². The van der Waals surface area contributed by atoms with E-state index in [2.05, 4.69) is 63.2 Å². The van der Waals surface area contributed by atoms with Crippen molar-refractivity contribution in [2.75, 3.05) is 7.11 Å². The van der Waals surface area contributed by atoms with Gasteiger partial charge in [0.2, 0.25) is 11.8 Å². The standard InChI is InChI=1S/C33H30N6O3/c1-3-4-5-8-18-37-28-10-7-6-9-26(28)27-16-11-22(20-29(27)37)31-34-35-32(42-31)23-17-19-38-30(21-23)36-39(33(38)40)24-12-14-25(41-2)15-13-24/h6-7,9-17,19-21H,3-5,8,18H2,1-2H3. The molecule has 0 saturated heterocycles. The number of nitrogens with zero attached hydrogens (tertiary/aromatic N) is 6. The van der Waals surface area contributed by atoms with Gasteiger partial charge in [-0.15, -0.1) is 15.3 Å². The van der Waals surface area contributed by atoms with Crippen LogP contribution in [0.15, 0.2) is 94.3 Å². The zero-order valence-corrected chi connectivity index (χ0v) is 23.5. The van der Waals surface area contributed by atoms with Gasteiger partial charge in [0.25, 0.3) is 0 Å². The molecule has 9 heteroatoms. The van der Waals surface area contributed by atoms with E-state index in [-0.39, 0.29) is 5.69 Å². The van der Waals surface area contributed by atoms with Crippen molar-refractivity contribution in [1.82, 2.24) is 28.9 Å². The Hall–Kier alpha value is -5.18. The van der Waals surface area contributed by atoms with Crippen molar-refractivity contribution >= 4 is 27.5 Å². The van der Waals surface area contributed by atoms with E-state index in [4.69, 9.17) is 9.15 Å². The monoisotopic (exact) mass is 558 g/mol. The second kappa shape index (κ2) is 10.7. The number of para-hydroxylation sites is 1. The Balaban J connectivity index is 1.23. The molecule has 0 atom stereocenters. The smallest absolute Gasteiger partial charge is 0.355 e. The van der Waals surface area contributed by atoms with Gasteiger partial charge in [0.15, 0.2) is 5.65 Å². The molecule has 7 aromatic rings. The quantitative estimate of drug-likeness (QED) is 0.179. The third-order valence-corrected chi connectivity index (χ3v) is 7.77. The fraction of sp³-hybridized carbons (Fsp3) is 0.212. The number of hydrogen-bond acceptors (Lipinski definition) is 6. The fourth-order valence-corrected chi connectivity index (χ4v) is 5.58. The molecule has 3 aromatic carbocycles. The van der Waals surface area contributed by atoms with E-state index >= 15 is 0 Å². The van der Waals surface area contributed by atoms with Crippen LogP contribution in [0.5, 0.6) is 5.75 Å². The van der Waals surface area contributed by atoms with Gasteiger partial charge in [-0.05, 0) is 61.0 Å². The van der Waals surface area contributed by atoms with Crippen LogP contribution in [-0.2, 0) is 6.54 Å². The number of fused-ring (bicyclic) bond motifs is 4.